The molecular formula is C22H22N2O5S. The van der Waals surface area contributed by atoms with Gasteiger partial charge in [0.05, 0.1) is 30.0 Å². The summed E-state index contributed by atoms with van der Waals surface area (Å²) in [6, 6.07) is 13.4. The highest BCUT2D eigenvalue weighted by Gasteiger charge is 2.28. The Bertz CT molecular complexity index is 1200. The van der Waals surface area contributed by atoms with Crippen molar-refractivity contribution in [1.82, 2.24) is 9.55 Å². The van der Waals surface area contributed by atoms with Gasteiger partial charge in [0.25, 0.3) is 0 Å². The highest BCUT2D eigenvalue weighted by Crippen LogP contribution is 2.36. The maximum Gasteiger partial charge on any atom is 0.354 e. The fourth-order valence-corrected chi connectivity index (χ4v) is 5.15. The Morgan fingerprint density at radius 1 is 1.17 bits per heavy atom. The molecule has 0 unspecified atom stereocenters. The first-order valence-electron chi connectivity index (χ1n) is 9.72. The Hall–Kier alpha value is -3.13. The van der Waals surface area contributed by atoms with Crippen LogP contribution in [-0.4, -0.2) is 37.7 Å². The first kappa shape index (κ1) is 20.2. The number of benzene rings is 1. The summed E-state index contributed by atoms with van der Waals surface area (Å²) in [5.41, 5.74) is 2.62. The van der Waals surface area contributed by atoms with Crippen LogP contribution < -0.4 is 4.74 Å². The molecule has 0 radical (unpaired) electrons. The van der Waals surface area contributed by atoms with Gasteiger partial charge in [-0.2, -0.15) is 0 Å². The number of aromatic nitrogens is 2. The quantitative estimate of drug-likeness (QED) is 0.580. The number of esters is 1. The summed E-state index contributed by atoms with van der Waals surface area (Å²) >= 11 is 0. The predicted molar refractivity (Wildman–Crippen MR) is 110 cm³/mol. The molecule has 0 fully saturated rings. The second-order valence-corrected chi connectivity index (χ2v) is 8.82. The number of hydrogen-bond donors (Lipinski definition) is 0. The van der Waals surface area contributed by atoms with E-state index in [9.17, 15) is 13.2 Å². The Morgan fingerprint density at radius 3 is 2.63 bits per heavy atom. The maximum absolute atomic E-state index is 13.2. The lowest BCUT2D eigenvalue weighted by molar-refractivity contribution is 0.0514. The van der Waals surface area contributed by atoms with Crippen LogP contribution in [0, 0.1) is 0 Å². The van der Waals surface area contributed by atoms with Gasteiger partial charge in [-0.3, -0.25) is 0 Å². The van der Waals surface area contributed by atoms with E-state index in [1.54, 1.807) is 49.4 Å². The molecule has 156 valence electrons. The van der Waals surface area contributed by atoms with Crippen LogP contribution in [0.5, 0.6) is 5.88 Å². The molecule has 1 aliphatic rings. The number of nitrogens with zero attached hydrogens (tertiary/aromatic N) is 2. The number of sulfone groups is 1. The lowest BCUT2D eigenvalue weighted by Gasteiger charge is -2.14. The molecule has 0 N–H and O–H groups in total. The fourth-order valence-electron chi connectivity index (χ4n) is 3.72. The van der Waals surface area contributed by atoms with Gasteiger partial charge >= 0.3 is 5.97 Å². The summed E-state index contributed by atoms with van der Waals surface area (Å²) < 4.78 is 38.8. The number of ether oxygens (including phenoxy) is 2. The molecule has 0 saturated heterocycles. The molecular weight excluding hydrogens is 404 g/mol. The zero-order chi connectivity index (χ0) is 21.3. The van der Waals surface area contributed by atoms with Crippen molar-refractivity contribution < 1.29 is 22.7 Å². The predicted octanol–water partition coefficient (Wildman–Crippen LogP) is 3.51. The monoisotopic (exact) mass is 426 g/mol. The molecule has 7 nitrogen and oxygen atoms in total. The van der Waals surface area contributed by atoms with E-state index in [4.69, 9.17) is 9.47 Å². The SMILES string of the molecule is CCOC(=O)c1ccc2n1CCCc1cc(S(=O)(=O)c3ccccc3)c(OC)nc1-2. The minimum atomic E-state index is -3.79. The number of carbonyl (C=O) groups is 1. The summed E-state index contributed by atoms with van der Waals surface area (Å²) in [7, 11) is -2.39. The minimum Gasteiger partial charge on any atom is -0.480 e. The van der Waals surface area contributed by atoms with Gasteiger partial charge < -0.3 is 14.0 Å². The topological polar surface area (TPSA) is 87.5 Å². The van der Waals surface area contributed by atoms with Gasteiger partial charge in [0, 0.05) is 6.54 Å². The Labute approximate surface area is 175 Å². The van der Waals surface area contributed by atoms with E-state index in [0.29, 0.717) is 31.0 Å². The number of hydrogen-bond acceptors (Lipinski definition) is 6. The molecule has 1 aliphatic heterocycles. The third kappa shape index (κ3) is 3.37. The summed E-state index contributed by atoms with van der Waals surface area (Å²) in [6.45, 7) is 2.67. The van der Waals surface area contributed by atoms with Crippen LogP contribution >= 0.6 is 0 Å². The lowest BCUT2D eigenvalue weighted by Crippen LogP contribution is -2.13. The third-order valence-corrected chi connectivity index (χ3v) is 6.87. The van der Waals surface area contributed by atoms with Gasteiger partial charge in [0.2, 0.25) is 15.7 Å². The van der Waals surface area contributed by atoms with E-state index in [2.05, 4.69) is 4.98 Å². The first-order chi connectivity index (χ1) is 14.5. The van der Waals surface area contributed by atoms with Crippen LogP contribution in [0.4, 0.5) is 0 Å². The molecule has 3 aromatic rings. The number of aryl methyl sites for hydroxylation is 1. The van der Waals surface area contributed by atoms with E-state index in [1.807, 2.05) is 10.6 Å². The second kappa shape index (κ2) is 7.95. The number of fused-ring (bicyclic) bond motifs is 3. The first-order valence-corrected chi connectivity index (χ1v) is 11.2. The number of methoxy groups -OCH3 is 1. The zero-order valence-electron chi connectivity index (χ0n) is 16.8. The van der Waals surface area contributed by atoms with Gasteiger partial charge in [-0.25, -0.2) is 18.2 Å². The van der Waals surface area contributed by atoms with Gasteiger partial charge in [0.1, 0.15) is 10.6 Å². The molecule has 0 saturated carbocycles. The maximum atomic E-state index is 13.2. The van der Waals surface area contributed by atoms with Crippen LogP contribution in [0.15, 0.2) is 58.3 Å². The number of pyridine rings is 1. The van der Waals surface area contributed by atoms with Crippen molar-refractivity contribution in [3.63, 3.8) is 0 Å². The van der Waals surface area contributed by atoms with Crippen LogP contribution in [-0.2, 0) is 27.5 Å². The molecule has 2 aromatic heterocycles. The summed E-state index contributed by atoms with van der Waals surface area (Å²) in [4.78, 5) is 17.1. The van der Waals surface area contributed by atoms with Gasteiger partial charge in [-0.05, 0) is 55.7 Å². The average Bonchev–Trinajstić information content (AvgIpc) is 3.09. The van der Waals surface area contributed by atoms with Gasteiger partial charge in [-0.15, -0.1) is 0 Å². The summed E-state index contributed by atoms with van der Waals surface area (Å²) in [5.74, 6) is -0.354. The van der Waals surface area contributed by atoms with Crippen molar-refractivity contribution >= 4 is 15.8 Å². The van der Waals surface area contributed by atoms with Crippen LogP contribution in [0.3, 0.4) is 0 Å². The standard InChI is InChI=1S/C22H22N2O5S/c1-3-29-22(25)18-12-11-17-20-15(8-7-13-24(17)18)14-19(21(23-20)28-2)30(26,27)16-9-5-4-6-10-16/h4-6,9-12,14H,3,7-8,13H2,1-2H3. The highest BCUT2D eigenvalue weighted by molar-refractivity contribution is 7.91. The molecule has 0 spiro atoms. The Morgan fingerprint density at radius 2 is 1.93 bits per heavy atom. The molecule has 0 atom stereocenters. The van der Waals surface area contributed by atoms with Gasteiger partial charge in [0.15, 0.2) is 0 Å². The van der Waals surface area contributed by atoms with E-state index in [-0.39, 0.29) is 21.6 Å². The van der Waals surface area contributed by atoms with Crippen molar-refractivity contribution in [2.75, 3.05) is 13.7 Å². The molecule has 0 amide bonds. The molecule has 8 heteroatoms. The fraction of sp³-hybridized carbons (Fsp3) is 0.273. The molecule has 30 heavy (non-hydrogen) atoms. The van der Waals surface area contributed by atoms with Crippen molar-refractivity contribution in [3.8, 4) is 17.3 Å². The van der Waals surface area contributed by atoms with Crippen molar-refractivity contribution in [2.45, 2.75) is 36.1 Å². The Balaban J connectivity index is 1.87. The third-order valence-electron chi connectivity index (χ3n) is 5.11. The van der Waals surface area contributed by atoms with Crippen LogP contribution in [0.2, 0.25) is 0 Å². The molecule has 3 heterocycles. The van der Waals surface area contributed by atoms with Crippen LogP contribution in [0.25, 0.3) is 11.4 Å². The van der Waals surface area contributed by atoms with Crippen molar-refractivity contribution in [3.05, 3.63) is 59.8 Å². The minimum absolute atomic E-state index is 0.0323. The normalized spacial score (nSPS) is 13.1. The largest absolute Gasteiger partial charge is 0.480 e. The van der Waals surface area contributed by atoms with E-state index >= 15 is 0 Å². The molecule has 0 aliphatic carbocycles. The summed E-state index contributed by atoms with van der Waals surface area (Å²) in [6.07, 6.45) is 1.37. The average molecular weight is 426 g/mol. The number of carbonyl (C=O) groups excluding carboxylic acids is 1. The zero-order valence-corrected chi connectivity index (χ0v) is 17.6. The molecule has 1 aromatic carbocycles. The molecule has 4 rings (SSSR count). The number of rotatable bonds is 5. The van der Waals surface area contributed by atoms with Crippen LogP contribution in [0.1, 0.15) is 29.4 Å². The Kier molecular flexibility index (Phi) is 5.34. The molecule has 0 bridgehead atoms. The lowest BCUT2D eigenvalue weighted by atomic mass is 10.1. The smallest absolute Gasteiger partial charge is 0.354 e. The van der Waals surface area contributed by atoms with Crippen molar-refractivity contribution in [2.24, 2.45) is 0 Å². The summed E-state index contributed by atoms with van der Waals surface area (Å²) in [5, 5.41) is 0. The second-order valence-electron chi connectivity index (χ2n) is 6.90. The van der Waals surface area contributed by atoms with Gasteiger partial charge in [-0.1, -0.05) is 18.2 Å². The van der Waals surface area contributed by atoms with E-state index < -0.39 is 9.84 Å². The van der Waals surface area contributed by atoms with E-state index in [1.165, 1.54) is 7.11 Å². The highest BCUT2D eigenvalue weighted by atomic mass is 32.2. The van der Waals surface area contributed by atoms with Crippen molar-refractivity contribution in [1.29, 1.82) is 0 Å². The van der Waals surface area contributed by atoms with E-state index in [0.717, 1.165) is 17.7 Å².